The van der Waals surface area contributed by atoms with E-state index in [9.17, 15) is 9.59 Å². The van der Waals surface area contributed by atoms with Gasteiger partial charge in [-0.3, -0.25) is 9.59 Å². The molecule has 1 aromatic carbocycles. The summed E-state index contributed by atoms with van der Waals surface area (Å²) < 4.78 is 0. The van der Waals surface area contributed by atoms with Crippen molar-refractivity contribution in [3.63, 3.8) is 0 Å². The molecule has 0 saturated carbocycles. The minimum Gasteiger partial charge on any atom is -0.366 e. The van der Waals surface area contributed by atoms with Crippen LogP contribution in [-0.2, 0) is 0 Å². The molecule has 0 aliphatic rings. The lowest BCUT2D eigenvalue weighted by atomic mass is 10.0. The molecule has 104 valence electrons. The van der Waals surface area contributed by atoms with Crippen molar-refractivity contribution >= 4 is 22.7 Å². The van der Waals surface area contributed by atoms with Crippen molar-refractivity contribution in [1.82, 2.24) is 9.97 Å². The molecular formula is C16H13N3O2. The van der Waals surface area contributed by atoms with E-state index in [-0.39, 0.29) is 5.78 Å². The molecule has 0 fully saturated rings. The standard InChI is InChI=1S/C16H13N3O2/c1-9-5-12-13(8-19-16(12)18-7-9)14(20)10-3-2-4-11(6-10)15(17)21/h2-8H,1H3,(H2,17,21)(H,18,19). The molecule has 0 radical (unpaired) electrons. The van der Waals surface area contributed by atoms with Crippen LogP contribution in [-0.4, -0.2) is 21.7 Å². The lowest BCUT2D eigenvalue weighted by Gasteiger charge is -2.02. The summed E-state index contributed by atoms with van der Waals surface area (Å²) >= 11 is 0. The second kappa shape index (κ2) is 4.86. The third-order valence-corrected chi connectivity index (χ3v) is 3.32. The summed E-state index contributed by atoms with van der Waals surface area (Å²) in [5.74, 6) is -0.724. The van der Waals surface area contributed by atoms with Gasteiger partial charge in [-0.05, 0) is 30.7 Å². The fourth-order valence-electron chi connectivity index (χ4n) is 2.26. The van der Waals surface area contributed by atoms with Gasteiger partial charge < -0.3 is 10.7 Å². The van der Waals surface area contributed by atoms with Gasteiger partial charge in [-0.1, -0.05) is 12.1 Å². The van der Waals surface area contributed by atoms with Crippen molar-refractivity contribution in [2.75, 3.05) is 0 Å². The Morgan fingerprint density at radius 1 is 1.19 bits per heavy atom. The van der Waals surface area contributed by atoms with Gasteiger partial charge in [0.2, 0.25) is 5.91 Å². The average Bonchev–Trinajstić information content (AvgIpc) is 2.89. The summed E-state index contributed by atoms with van der Waals surface area (Å²) in [7, 11) is 0. The normalized spacial score (nSPS) is 10.7. The first-order chi connectivity index (χ1) is 10.1. The number of benzene rings is 1. The van der Waals surface area contributed by atoms with Crippen LogP contribution in [0, 0.1) is 6.92 Å². The molecule has 0 spiro atoms. The number of aryl methyl sites for hydroxylation is 1. The Hall–Kier alpha value is -2.95. The first-order valence-corrected chi connectivity index (χ1v) is 6.44. The number of ketones is 1. The molecule has 0 saturated heterocycles. The number of aromatic nitrogens is 2. The minimum absolute atomic E-state index is 0.170. The first-order valence-electron chi connectivity index (χ1n) is 6.44. The van der Waals surface area contributed by atoms with E-state index < -0.39 is 5.91 Å². The van der Waals surface area contributed by atoms with Crippen LogP contribution in [0.2, 0.25) is 0 Å². The minimum atomic E-state index is -0.555. The summed E-state index contributed by atoms with van der Waals surface area (Å²) in [4.78, 5) is 31.0. The third kappa shape index (κ3) is 2.29. The molecule has 5 nitrogen and oxygen atoms in total. The van der Waals surface area contributed by atoms with Gasteiger partial charge in [0.15, 0.2) is 5.78 Å². The average molecular weight is 279 g/mol. The van der Waals surface area contributed by atoms with E-state index >= 15 is 0 Å². The fourth-order valence-corrected chi connectivity index (χ4v) is 2.26. The predicted molar refractivity (Wildman–Crippen MR) is 79.2 cm³/mol. The molecule has 2 aromatic heterocycles. The number of pyridine rings is 1. The zero-order chi connectivity index (χ0) is 15.0. The van der Waals surface area contributed by atoms with Gasteiger partial charge in [0.05, 0.1) is 0 Å². The molecule has 0 unspecified atom stereocenters. The van der Waals surface area contributed by atoms with Crippen LogP contribution in [0.15, 0.2) is 42.7 Å². The molecule has 0 aliphatic carbocycles. The molecular weight excluding hydrogens is 266 g/mol. The van der Waals surface area contributed by atoms with Crippen molar-refractivity contribution < 1.29 is 9.59 Å². The maximum absolute atomic E-state index is 12.6. The number of fused-ring (bicyclic) bond motifs is 1. The molecule has 3 N–H and O–H groups in total. The van der Waals surface area contributed by atoms with Gasteiger partial charge in [-0.15, -0.1) is 0 Å². The van der Waals surface area contributed by atoms with Gasteiger partial charge in [-0.2, -0.15) is 0 Å². The maximum atomic E-state index is 12.6. The number of H-pyrrole nitrogens is 1. The number of carbonyl (C=O) groups is 2. The number of hydrogen-bond acceptors (Lipinski definition) is 3. The van der Waals surface area contributed by atoms with Crippen LogP contribution in [0.5, 0.6) is 0 Å². The summed E-state index contributed by atoms with van der Waals surface area (Å²) in [5, 5.41) is 0.768. The van der Waals surface area contributed by atoms with E-state index in [1.54, 1.807) is 30.6 Å². The summed E-state index contributed by atoms with van der Waals surface area (Å²) in [6, 6.07) is 8.30. The van der Waals surface area contributed by atoms with Gasteiger partial charge >= 0.3 is 0 Å². The van der Waals surface area contributed by atoms with E-state index in [4.69, 9.17) is 5.73 Å². The first kappa shape index (κ1) is 13.1. The van der Waals surface area contributed by atoms with Crippen LogP contribution in [0.1, 0.15) is 31.8 Å². The lowest BCUT2D eigenvalue weighted by molar-refractivity contribution is 0.1000. The van der Waals surface area contributed by atoms with Crippen molar-refractivity contribution in [3.05, 3.63) is 65.0 Å². The second-order valence-corrected chi connectivity index (χ2v) is 4.89. The molecule has 1 amide bonds. The van der Waals surface area contributed by atoms with Gasteiger partial charge in [0, 0.05) is 34.5 Å². The highest BCUT2D eigenvalue weighted by molar-refractivity contribution is 6.16. The van der Waals surface area contributed by atoms with E-state index in [0.29, 0.717) is 22.3 Å². The van der Waals surface area contributed by atoms with E-state index in [0.717, 1.165) is 10.9 Å². The zero-order valence-electron chi connectivity index (χ0n) is 11.4. The molecule has 21 heavy (non-hydrogen) atoms. The number of hydrogen-bond donors (Lipinski definition) is 2. The highest BCUT2D eigenvalue weighted by atomic mass is 16.1. The number of nitrogens with zero attached hydrogens (tertiary/aromatic N) is 1. The quantitative estimate of drug-likeness (QED) is 0.720. The Bertz CT molecular complexity index is 865. The number of carbonyl (C=O) groups excluding carboxylic acids is 2. The number of primary amides is 1. The molecule has 0 aliphatic heterocycles. The molecule has 3 rings (SSSR count). The second-order valence-electron chi connectivity index (χ2n) is 4.89. The number of nitrogens with two attached hydrogens (primary N) is 1. The Morgan fingerprint density at radius 3 is 2.71 bits per heavy atom. The number of nitrogens with one attached hydrogen (secondary N) is 1. The maximum Gasteiger partial charge on any atom is 0.248 e. The number of rotatable bonds is 3. The Balaban J connectivity index is 2.10. The summed E-state index contributed by atoms with van der Waals surface area (Å²) in [6.45, 7) is 1.92. The third-order valence-electron chi connectivity index (χ3n) is 3.32. The Kier molecular flexibility index (Phi) is 3.02. The van der Waals surface area contributed by atoms with Crippen LogP contribution in [0.25, 0.3) is 11.0 Å². The Morgan fingerprint density at radius 2 is 1.95 bits per heavy atom. The van der Waals surface area contributed by atoms with Gasteiger partial charge in [0.25, 0.3) is 0 Å². The van der Waals surface area contributed by atoms with Crippen LogP contribution in [0.3, 0.4) is 0 Å². The molecule has 3 aromatic rings. The predicted octanol–water partition coefficient (Wildman–Crippen LogP) is 2.20. The lowest BCUT2D eigenvalue weighted by Crippen LogP contribution is -2.12. The van der Waals surface area contributed by atoms with Gasteiger partial charge in [0.1, 0.15) is 5.65 Å². The molecule has 0 atom stereocenters. The SMILES string of the molecule is Cc1cnc2[nH]cc(C(=O)c3cccc(C(N)=O)c3)c2c1. The van der Waals surface area contributed by atoms with E-state index in [1.807, 2.05) is 13.0 Å². The van der Waals surface area contributed by atoms with E-state index in [2.05, 4.69) is 9.97 Å². The number of amides is 1. The topological polar surface area (TPSA) is 88.8 Å². The Labute approximate surface area is 120 Å². The van der Waals surface area contributed by atoms with Crippen molar-refractivity contribution in [2.24, 2.45) is 5.73 Å². The summed E-state index contributed by atoms with van der Waals surface area (Å²) in [6.07, 6.45) is 3.37. The van der Waals surface area contributed by atoms with Crippen LogP contribution in [0.4, 0.5) is 0 Å². The highest BCUT2D eigenvalue weighted by Gasteiger charge is 2.16. The fraction of sp³-hybridized carbons (Fsp3) is 0.0625. The van der Waals surface area contributed by atoms with E-state index in [1.165, 1.54) is 6.07 Å². The van der Waals surface area contributed by atoms with Crippen LogP contribution < -0.4 is 5.73 Å². The van der Waals surface area contributed by atoms with Crippen LogP contribution >= 0.6 is 0 Å². The van der Waals surface area contributed by atoms with Crippen molar-refractivity contribution in [2.45, 2.75) is 6.92 Å². The van der Waals surface area contributed by atoms with Gasteiger partial charge in [-0.25, -0.2) is 4.98 Å². The highest BCUT2D eigenvalue weighted by Crippen LogP contribution is 2.21. The monoisotopic (exact) mass is 279 g/mol. The zero-order valence-corrected chi connectivity index (χ0v) is 11.4. The number of aromatic amines is 1. The molecule has 2 heterocycles. The largest absolute Gasteiger partial charge is 0.366 e. The molecule has 0 bridgehead atoms. The molecule has 5 heteroatoms. The van der Waals surface area contributed by atoms with Crippen molar-refractivity contribution in [3.8, 4) is 0 Å². The van der Waals surface area contributed by atoms with Crippen molar-refractivity contribution in [1.29, 1.82) is 0 Å². The summed E-state index contributed by atoms with van der Waals surface area (Å²) in [5.41, 5.74) is 8.15. The smallest absolute Gasteiger partial charge is 0.248 e.